The first-order chi connectivity index (χ1) is 13.5. The van der Waals surface area contributed by atoms with Crippen LogP contribution in [0.25, 0.3) is 0 Å². The van der Waals surface area contributed by atoms with E-state index in [0.29, 0.717) is 0 Å². The minimum Gasteiger partial charge on any atom is -0.339 e. The van der Waals surface area contributed by atoms with Crippen LogP contribution in [-0.4, -0.2) is 25.9 Å². The van der Waals surface area contributed by atoms with Gasteiger partial charge >= 0.3 is 0 Å². The molecule has 0 aliphatic heterocycles. The number of benzene rings is 2. The van der Waals surface area contributed by atoms with Crippen molar-refractivity contribution in [1.82, 2.24) is 10.6 Å². The van der Waals surface area contributed by atoms with E-state index in [-0.39, 0.29) is 16.4 Å². The summed E-state index contributed by atoms with van der Waals surface area (Å²) in [7, 11) is 0. The van der Waals surface area contributed by atoms with Gasteiger partial charge in [0.05, 0.1) is 4.92 Å². The van der Waals surface area contributed by atoms with E-state index in [4.69, 9.17) is 47.0 Å². The summed E-state index contributed by atoms with van der Waals surface area (Å²) in [4.78, 5) is 22.8. The zero-order chi connectivity index (χ0) is 21.8. The van der Waals surface area contributed by atoms with E-state index in [9.17, 15) is 14.9 Å². The van der Waals surface area contributed by atoms with Crippen LogP contribution in [0, 0.1) is 24.0 Å². The molecule has 0 unspecified atom stereocenters. The molecule has 2 aromatic rings. The Morgan fingerprint density at radius 2 is 1.83 bits per heavy atom. The van der Waals surface area contributed by atoms with Crippen molar-refractivity contribution in [1.29, 1.82) is 0 Å². The van der Waals surface area contributed by atoms with Crippen molar-refractivity contribution in [3.8, 4) is 0 Å². The number of carbonyl (C=O) groups excluding carboxylic acids is 1. The summed E-state index contributed by atoms with van der Waals surface area (Å²) in [5, 5.41) is 19.2. The molecule has 0 heterocycles. The number of nitro groups is 1. The number of alkyl halides is 3. The molecule has 0 saturated carbocycles. The number of rotatable bonds is 5. The number of aryl methyl sites for hydroxylation is 2. The maximum atomic E-state index is 12.5. The molecule has 7 nitrogen and oxygen atoms in total. The fraction of sp³-hybridized carbons (Fsp3) is 0.222. The number of hydrogen-bond donors (Lipinski definition) is 3. The summed E-state index contributed by atoms with van der Waals surface area (Å²) >= 11 is 23.2. The van der Waals surface area contributed by atoms with Gasteiger partial charge in [0.15, 0.2) is 5.11 Å². The van der Waals surface area contributed by atoms with Gasteiger partial charge in [0.2, 0.25) is 3.79 Å². The van der Waals surface area contributed by atoms with Gasteiger partial charge in [0.1, 0.15) is 6.17 Å². The molecule has 0 bridgehead atoms. The SMILES string of the molecule is Cc1ccc(C)c(NC(=S)N[C@@H](NC(=O)c2cccc([N+](=O)[O-])c2)C(Cl)(Cl)Cl)c1. The smallest absolute Gasteiger partial charge is 0.270 e. The van der Waals surface area contributed by atoms with Gasteiger partial charge in [-0.3, -0.25) is 14.9 Å². The normalized spacial score (nSPS) is 12.0. The molecule has 0 aliphatic carbocycles. The lowest BCUT2D eigenvalue weighted by atomic mass is 10.1. The topological polar surface area (TPSA) is 96.3 Å². The second-order valence-electron chi connectivity index (χ2n) is 6.17. The minimum absolute atomic E-state index is 0.0358. The highest BCUT2D eigenvalue weighted by Gasteiger charge is 2.35. The minimum atomic E-state index is -1.95. The van der Waals surface area contributed by atoms with E-state index >= 15 is 0 Å². The summed E-state index contributed by atoms with van der Waals surface area (Å²) in [6.45, 7) is 3.84. The Hall–Kier alpha value is -2.13. The Morgan fingerprint density at radius 1 is 1.14 bits per heavy atom. The molecule has 11 heteroatoms. The van der Waals surface area contributed by atoms with Crippen LogP contribution in [0.3, 0.4) is 0 Å². The largest absolute Gasteiger partial charge is 0.339 e. The first-order valence-corrected chi connectivity index (χ1v) is 9.78. The van der Waals surface area contributed by atoms with E-state index < -0.39 is 20.8 Å². The third-order valence-electron chi connectivity index (χ3n) is 3.84. The van der Waals surface area contributed by atoms with Crippen molar-refractivity contribution in [3.05, 3.63) is 69.3 Å². The number of thiocarbonyl (C=S) groups is 1. The van der Waals surface area contributed by atoms with Crippen LogP contribution in [0.4, 0.5) is 11.4 Å². The molecule has 2 aromatic carbocycles. The Labute approximate surface area is 187 Å². The molecule has 154 valence electrons. The van der Waals surface area contributed by atoms with Crippen LogP contribution in [0.5, 0.6) is 0 Å². The van der Waals surface area contributed by atoms with Crippen molar-refractivity contribution in [2.45, 2.75) is 23.8 Å². The van der Waals surface area contributed by atoms with E-state index in [1.54, 1.807) is 0 Å². The number of amides is 1. The van der Waals surface area contributed by atoms with Gasteiger partial charge < -0.3 is 16.0 Å². The number of carbonyl (C=O) groups is 1. The molecule has 0 aromatic heterocycles. The van der Waals surface area contributed by atoms with Crippen LogP contribution in [0.1, 0.15) is 21.5 Å². The summed E-state index contributed by atoms with van der Waals surface area (Å²) in [6.07, 6.45) is -1.20. The van der Waals surface area contributed by atoms with Crippen molar-refractivity contribution in [3.63, 3.8) is 0 Å². The number of anilines is 1. The zero-order valence-corrected chi connectivity index (χ0v) is 18.4. The molecule has 29 heavy (non-hydrogen) atoms. The van der Waals surface area contributed by atoms with E-state index in [1.165, 1.54) is 18.2 Å². The highest BCUT2D eigenvalue weighted by atomic mass is 35.6. The van der Waals surface area contributed by atoms with Crippen LogP contribution in [0.15, 0.2) is 42.5 Å². The monoisotopic (exact) mass is 474 g/mol. The first kappa shape index (κ1) is 23.2. The van der Waals surface area contributed by atoms with Gasteiger partial charge in [-0.2, -0.15) is 0 Å². The van der Waals surface area contributed by atoms with Crippen molar-refractivity contribution >= 4 is 69.4 Å². The van der Waals surface area contributed by atoms with Gasteiger partial charge in [0, 0.05) is 23.4 Å². The second-order valence-corrected chi connectivity index (χ2v) is 8.95. The lowest BCUT2D eigenvalue weighted by molar-refractivity contribution is -0.384. The predicted molar refractivity (Wildman–Crippen MR) is 120 cm³/mol. The van der Waals surface area contributed by atoms with E-state index in [2.05, 4.69) is 16.0 Å². The molecule has 2 rings (SSSR count). The molecule has 0 radical (unpaired) electrons. The number of hydrogen-bond acceptors (Lipinski definition) is 4. The van der Waals surface area contributed by atoms with Crippen LogP contribution >= 0.6 is 47.0 Å². The zero-order valence-electron chi connectivity index (χ0n) is 15.3. The number of halogens is 3. The number of nitrogens with zero attached hydrogens (tertiary/aromatic N) is 1. The number of non-ortho nitro benzene ring substituents is 1. The summed E-state index contributed by atoms with van der Waals surface area (Å²) in [6, 6.07) is 11.0. The van der Waals surface area contributed by atoms with E-state index in [0.717, 1.165) is 22.9 Å². The van der Waals surface area contributed by atoms with Gasteiger partial charge in [-0.25, -0.2) is 0 Å². The highest BCUT2D eigenvalue weighted by molar-refractivity contribution is 7.80. The second kappa shape index (κ2) is 9.58. The molecule has 1 atom stereocenters. The number of nitrogens with one attached hydrogen (secondary N) is 3. The Bertz CT molecular complexity index is 950. The van der Waals surface area contributed by atoms with Gasteiger partial charge in [0.25, 0.3) is 11.6 Å². The maximum absolute atomic E-state index is 12.5. The summed E-state index contributed by atoms with van der Waals surface area (Å²) in [5.41, 5.74) is 2.54. The maximum Gasteiger partial charge on any atom is 0.270 e. The highest BCUT2D eigenvalue weighted by Crippen LogP contribution is 2.29. The average Bonchev–Trinajstić information content (AvgIpc) is 2.63. The Kier molecular flexibility index (Phi) is 7.65. The van der Waals surface area contributed by atoms with Gasteiger partial charge in [-0.1, -0.05) is 53.0 Å². The fourth-order valence-corrected chi connectivity index (χ4v) is 2.89. The number of nitro benzene ring substituents is 1. The van der Waals surface area contributed by atoms with Crippen molar-refractivity contribution < 1.29 is 9.72 Å². The Balaban J connectivity index is 2.14. The molecule has 0 saturated heterocycles. The van der Waals surface area contributed by atoms with Crippen molar-refractivity contribution in [2.24, 2.45) is 0 Å². The summed E-state index contributed by atoms with van der Waals surface area (Å²) in [5.74, 6) is -0.674. The molecule has 3 N–H and O–H groups in total. The van der Waals surface area contributed by atoms with Gasteiger partial charge in [-0.05, 0) is 49.3 Å². The van der Waals surface area contributed by atoms with Crippen LogP contribution < -0.4 is 16.0 Å². The molecule has 0 aliphatic rings. The lowest BCUT2D eigenvalue weighted by Gasteiger charge is -2.28. The standard InChI is InChI=1S/C18H17Cl3N4O3S/c1-10-6-7-11(2)14(8-10)22-17(29)24-16(18(19,20)21)23-15(26)12-4-3-5-13(9-12)25(27)28/h3-9,16H,1-2H3,(H,23,26)(H2,22,24,29)/t16-/m1/s1. The lowest BCUT2D eigenvalue weighted by Crippen LogP contribution is -2.56. The van der Waals surface area contributed by atoms with Gasteiger partial charge in [-0.15, -0.1) is 0 Å². The summed E-state index contributed by atoms with van der Waals surface area (Å²) < 4.78 is -1.95. The average molecular weight is 476 g/mol. The fourth-order valence-electron chi connectivity index (χ4n) is 2.33. The van der Waals surface area contributed by atoms with Crippen LogP contribution in [-0.2, 0) is 0 Å². The quantitative estimate of drug-likeness (QED) is 0.192. The van der Waals surface area contributed by atoms with E-state index in [1.807, 2.05) is 32.0 Å². The van der Waals surface area contributed by atoms with Crippen LogP contribution in [0.2, 0.25) is 0 Å². The molecule has 0 spiro atoms. The predicted octanol–water partition coefficient (Wildman–Crippen LogP) is 4.62. The third kappa shape index (κ3) is 6.71. The third-order valence-corrected chi connectivity index (χ3v) is 4.71. The molecule has 1 amide bonds. The molecular formula is C18H17Cl3N4O3S. The first-order valence-electron chi connectivity index (χ1n) is 8.24. The molecular weight excluding hydrogens is 459 g/mol. The molecule has 0 fully saturated rings. The Morgan fingerprint density at radius 3 is 2.45 bits per heavy atom. The van der Waals surface area contributed by atoms with Crippen molar-refractivity contribution in [2.75, 3.05) is 5.32 Å².